The van der Waals surface area contributed by atoms with E-state index in [9.17, 15) is 18.5 Å². The van der Waals surface area contributed by atoms with Crippen LogP contribution in [-0.2, 0) is 23.1 Å². The maximum absolute atomic E-state index is 13.0. The van der Waals surface area contributed by atoms with Crippen molar-refractivity contribution < 1.29 is 13.2 Å². The first-order valence-electron chi connectivity index (χ1n) is 10.9. The monoisotopic (exact) mass is 502 g/mol. The number of hydrogen-bond acceptors (Lipinski definition) is 6. The number of carbonyl (C=O) groups is 1. The fourth-order valence-corrected chi connectivity index (χ4v) is 4.72. The van der Waals surface area contributed by atoms with Gasteiger partial charge in [0.25, 0.3) is 10.0 Å². The maximum atomic E-state index is 13.0. The van der Waals surface area contributed by atoms with E-state index in [2.05, 4.69) is 31.5 Å². The van der Waals surface area contributed by atoms with Crippen LogP contribution in [0.15, 0.2) is 59.8 Å². The van der Waals surface area contributed by atoms with Gasteiger partial charge in [0.05, 0.1) is 40.7 Å². The molecule has 0 aliphatic heterocycles. The summed E-state index contributed by atoms with van der Waals surface area (Å²) in [5.74, 6) is 0.354. The molecule has 11 nitrogen and oxygen atoms in total. The highest BCUT2D eigenvalue weighted by Gasteiger charge is 2.18. The van der Waals surface area contributed by atoms with E-state index in [4.69, 9.17) is 5.26 Å². The van der Waals surface area contributed by atoms with Crippen molar-refractivity contribution in [1.29, 1.82) is 10.5 Å². The van der Waals surface area contributed by atoms with Crippen molar-refractivity contribution in [2.24, 2.45) is 0 Å². The van der Waals surface area contributed by atoms with Crippen LogP contribution in [0.1, 0.15) is 23.1 Å². The molecule has 0 aliphatic rings. The number of amides is 2. The predicted molar refractivity (Wildman–Crippen MR) is 133 cm³/mol. The molecule has 4 aromatic rings. The van der Waals surface area contributed by atoms with Crippen LogP contribution in [0.4, 0.5) is 16.3 Å². The normalized spacial score (nSPS) is 11.0. The summed E-state index contributed by atoms with van der Waals surface area (Å²) in [6, 6.07) is 14.8. The number of hydrogen-bond donors (Lipinski definition) is 4. The number of urea groups is 1. The zero-order valence-corrected chi connectivity index (χ0v) is 20.1. The average molecular weight is 503 g/mol. The van der Waals surface area contributed by atoms with E-state index >= 15 is 0 Å². The van der Waals surface area contributed by atoms with Crippen molar-refractivity contribution in [2.45, 2.75) is 31.3 Å². The smallest absolute Gasteiger partial charge is 0.320 e. The molecule has 0 fully saturated rings. The quantitative estimate of drug-likeness (QED) is 0.287. The molecule has 0 radical (unpaired) electrons. The second kappa shape index (κ2) is 10.2. The number of carbonyl (C=O) groups excluding carboxylic acids is 1. The molecule has 0 unspecified atom stereocenters. The number of fused-ring (bicyclic) bond motifs is 1. The molecule has 36 heavy (non-hydrogen) atoms. The molecule has 0 spiro atoms. The molecule has 0 saturated carbocycles. The first-order chi connectivity index (χ1) is 17.3. The van der Waals surface area contributed by atoms with Gasteiger partial charge in [-0.2, -0.15) is 15.6 Å². The number of aryl methyl sites for hydroxylation is 2. The Morgan fingerprint density at radius 2 is 1.92 bits per heavy atom. The van der Waals surface area contributed by atoms with E-state index in [1.807, 2.05) is 13.0 Å². The van der Waals surface area contributed by atoms with Gasteiger partial charge >= 0.3 is 6.03 Å². The van der Waals surface area contributed by atoms with Gasteiger partial charge in [0, 0.05) is 30.4 Å². The largest absolute Gasteiger partial charge is 0.358 e. The number of benzene rings is 2. The Hall–Kier alpha value is -4.81. The number of anilines is 2. The highest BCUT2D eigenvalue weighted by Crippen LogP contribution is 2.30. The third-order valence-corrected chi connectivity index (χ3v) is 6.81. The molecule has 12 heteroatoms. The number of sulfonamides is 1. The molecule has 4 N–H and O–H groups in total. The first-order valence-corrected chi connectivity index (χ1v) is 12.4. The standard InChI is InChI=1S/C24H22N8O3S/c1-16-3-8-20(23-22(16)18(13-26)15-27-23)31-36(34,35)19-6-4-17(5-7-19)14-28-24(33)29-21-9-12-32(30-21)11-2-10-25/h3-9,12,15,27,31H,2,11,14H2,1H3,(H2,28,29,30,33). The minimum atomic E-state index is -3.89. The summed E-state index contributed by atoms with van der Waals surface area (Å²) in [4.78, 5) is 15.2. The van der Waals surface area contributed by atoms with Crippen LogP contribution >= 0.6 is 0 Å². The molecule has 2 aromatic carbocycles. The van der Waals surface area contributed by atoms with Gasteiger partial charge in [0.15, 0.2) is 5.82 Å². The zero-order chi connectivity index (χ0) is 25.7. The van der Waals surface area contributed by atoms with Gasteiger partial charge in [0.2, 0.25) is 0 Å². The Kier molecular flexibility index (Phi) is 6.90. The number of rotatable bonds is 8. The molecule has 4 rings (SSSR count). The SMILES string of the molecule is Cc1ccc(NS(=O)(=O)c2ccc(CNC(=O)Nc3ccn(CCC#N)n3)cc2)c2[nH]cc(C#N)c12. The molecule has 0 saturated heterocycles. The van der Waals surface area contributed by atoms with E-state index < -0.39 is 16.1 Å². The summed E-state index contributed by atoms with van der Waals surface area (Å²) < 4.78 is 30.1. The minimum Gasteiger partial charge on any atom is -0.358 e. The lowest BCUT2D eigenvalue weighted by Gasteiger charge is -2.11. The van der Waals surface area contributed by atoms with Crippen LogP contribution in [-0.4, -0.2) is 29.2 Å². The summed E-state index contributed by atoms with van der Waals surface area (Å²) in [7, 11) is -3.89. The van der Waals surface area contributed by atoms with Crippen molar-refractivity contribution >= 4 is 38.5 Å². The first kappa shape index (κ1) is 24.3. The van der Waals surface area contributed by atoms with Crippen molar-refractivity contribution in [1.82, 2.24) is 20.1 Å². The van der Waals surface area contributed by atoms with E-state index in [1.54, 1.807) is 47.4 Å². The van der Waals surface area contributed by atoms with Gasteiger partial charge < -0.3 is 10.3 Å². The number of nitrogens with one attached hydrogen (secondary N) is 4. The molecule has 0 atom stereocenters. The Morgan fingerprint density at radius 3 is 2.64 bits per heavy atom. The van der Waals surface area contributed by atoms with Crippen LogP contribution in [0.25, 0.3) is 10.9 Å². The summed E-state index contributed by atoms with van der Waals surface area (Å²) in [6.07, 6.45) is 3.53. The highest BCUT2D eigenvalue weighted by molar-refractivity contribution is 7.92. The summed E-state index contributed by atoms with van der Waals surface area (Å²) >= 11 is 0. The Balaban J connectivity index is 1.38. The van der Waals surface area contributed by atoms with Gasteiger partial charge in [0.1, 0.15) is 6.07 Å². The fraction of sp³-hybridized carbons (Fsp3) is 0.167. The van der Waals surface area contributed by atoms with Crippen molar-refractivity contribution in [3.05, 3.63) is 71.5 Å². The van der Waals surface area contributed by atoms with Crippen molar-refractivity contribution in [2.75, 3.05) is 10.0 Å². The molecule has 0 bridgehead atoms. The number of H-pyrrole nitrogens is 1. The third kappa shape index (κ3) is 5.29. The molecule has 2 heterocycles. The topological polar surface area (TPSA) is 168 Å². The number of aromatic amines is 1. The predicted octanol–water partition coefficient (Wildman–Crippen LogP) is 3.58. The molecule has 182 valence electrons. The van der Waals surface area contributed by atoms with Crippen molar-refractivity contribution in [3.8, 4) is 12.1 Å². The Labute approximate surface area is 207 Å². The third-order valence-electron chi connectivity index (χ3n) is 5.43. The summed E-state index contributed by atoms with van der Waals surface area (Å²) in [5.41, 5.74) is 2.88. The van der Waals surface area contributed by atoms with Gasteiger partial charge in [-0.3, -0.25) is 14.7 Å². The summed E-state index contributed by atoms with van der Waals surface area (Å²) in [5, 5.41) is 28.0. The molecular formula is C24H22N8O3S. The van der Waals surface area contributed by atoms with Gasteiger partial charge in [-0.1, -0.05) is 18.2 Å². The van der Waals surface area contributed by atoms with Gasteiger partial charge in [-0.15, -0.1) is 0 Å². The number of nitrogens with zero attached hydrogens (tertiary/aromatic N) is 4. The number of nitriles is 2. The molecule has 0 aliphatic carbocycles. The lowest BCUT2D eigenvalue weighted by Crippen LogP contribution is -2.28. The zero-order valence-electron chi connectivity index (χ0n) is 19.2. The molecule has 2 amide bonds. The van der Waals surface area contributed by atoms with E-state index in [0.29, 0.717) is 46.5 Å². The van der Waals surface area contributed by atoms with Crippen LogP contribution in [0.5, 0.6) is 0 Å². The van der Waals surface area contributed by atoms with Gasteiger partial charge in [-0.05, 0) is 36.2 Å². The fourth-order valence-electron chi connectivity index (χ4n) is 3.64. The minimum absolute atomic E-state index is 0.0550. The Morgan fingerprint density at radius 1 is 1.14 bits per heavy atom. The van der Waals surface area contributed by atoms with E-state index in [0.717, 1.165) is 5.56 Å². The van der Waals surface area contributed by atoms with Gasteiger partial charge in [-0.25, -0.2) is 13.2 Å². The Bertz CT molecular complexity index is 1610. The average Bonchev–Trinajstić information content (AvgIpc) is 3.51. The lowest BCUT2D eigenvalue weighted by atomic mass is 10.1. The maximum Gasteiger partial charge on any atom is 0.320 e. The van der Waals surface area contributed by atoms with Crippen LogP contribution in [0, 0.1) is 29.6 Å². The van der Waals surface area contributed by atoms with E-state index in [-0.39, 0.29) is 11.4 Å². The number of aromatic nitrogens is 3. The second-order valence-electron chi connectivity index (χ2n) is 7.92. The van der Waals surface area contributed by atoms with E-state index in [1.165, 1.54) is 12.1 Å². The molecule has 2 aromatic heterocycles. The van der Waals surface area contributed by atoms with Crippen LogP contribution in [0.3, 0.4) is 0 Å². The molecular weight excluding hydrogens is 480 g/mol. The summed E-state index contributed by atoms with van der Waals surface area (Å²) in [6.45, 7) is 2.46. The van der Waals surface area contributed by atoms with Crippen molar-refractivity contribution in [3.63, 3.8) is 0 Å². The van der Waals surface area contributed by atoms with Crippen LogP contribution < -0.4 is 15.4 Å². The second-order valence-corrected chi connectivity index (χ2v) is 9.61. The highest BCUT2D eigenvalue weighted by atomic mass is 32.2. The lowest BCUT2D eigenvalue weighted by molar-refractivity contribution is 0.251. The van der Waals surface area contributed by atoms with Crippen LogP contribution in [0.2, 0.25) is 0 Å².